The van der Waals surface area contributed by atoms with E-state index in [0.29, 0.717) is 11.5 Å². The van der Waals surface area contributed by atoms with Crippen LogP contribution in [-0.4, -0.2) is 18.7 Å². The average Bonchev–Trinajstić information content (AvgIpc) is 2.17. The van der Waals surface area contributed by atoms with E-state index in [1.165, 1.54) is 21.0 Å². The normalized spacial score (nSPS) is 10.2. The van der Waals surface area contributed by atoms with Crippen molar-refractivity contribution in [1.29, 1.82) is 0 Å². The van der Waals surface area contributed by atoms with Crippen molar-refractivity contribution in [3.05, 3.63) is 24.3 Å². The summed E-state index contributed by atoms with van der Waals surface area (Å²) >= 11 is 0. The standard InChI is InChI=1S/C11H14O4.Na/c1-11(2,10(12)13)15-9-6-4-5-8(7-9)14-3;/h4-7H,1-3H3,(H,12,13);/q;+1/p-1. The third-order valence-corrected chi connectivity index (χ3v) is 1.91. The fourth-order valence-corrected chi connectivity index (χ4v) is 1.00. The van der Waals surface area contributed by atoms with Gasteiger partial charge in [-0.1, -0.05) is 6.07 Å². The van der Waals surface area contributed by atoms with Crippen LogP contribution in [0.5, 0.6) is 11.5 Å². The van der Waals surface area contributed by atoms with Gasteiger partial charge in [0.15, 0.2) is 0 Å². The Morgan fingerprint density at radius 2 is 1.88 bits per heavy atom. The number of methoxy groups -OCH3 is 1. The summed E-state index contributed by atoms with van der Waals surface area (Å²) in [4.78, 5) is 10.7. The minimum Gasteiger partial charge on any atom is -0.546 e. The zero-order valence-electron chi connectivity index (χ0n) is 9.94. The number of aliphatic carboxylic acids is 1. The molecule has 1 rings (SSSR count). The number of benzene rings is 1. The fraction of sp³-hybridized carbons (Fsp3) is 0.364. The van der Waals surface area contributed by atoms with Crippen LogP contribution in [0.25, 0.3) is 0 Å². The smallest absolute Gasteiger partial charge is 0.546 e. The van der Waals surface area contributed by atoms with E-state index in [9.17, 15) is 9.90 Å². The number of rotatable bonds is 4. The van der Waals surface area contributed by atoms with Crippen molar-refractivity contribution in [2.75, 3.05) is 7.11 Å². The average molecular weight is 232 g/mol. The summed E-state index contributed by atoms with van der Waals surface area (Å²) < 4.78 is 10.3. The maximum Gasteiger partial charge on any atom is 1.00 e. The van der Waals surface area contributed by atoms with Crippen LogP contribution >= 0.6 is 0 Å². The number of carboxylic acid groups (broad SMARTS) is 1. The molecule has 82 valence electrons. The molecule has 0 fully saturated rings. The van der Waals surface area contributed by atoms with E-state index in [0.717, 1.165) is 0 Å². The molecule has 1 aromatic carbocycles. The number of carboxylic acids is 1. The van der Waals surface area contributed by atoms with E-state index in [4.69, 9.17) is 9.47 Å². The Balaban J connectivity index is 0.00000225. The van der Waals surface area contributed by atoms with Gasteiger partial charge in [0.25, 0.3) is 0 Å². The molecule has 0 aliphatic heterocycles. The Morgan fingerprint density at radius 1 is 1.31 bits per heavy atom. The first-order valence-electron chi connectivity index (χ1n) is 4.50. The molecule has 1 aromatic rings. The van der Waals surface area contributed by atoms with E-state index < -0.39 is 11.6 Å². The maximum atomic E-state index is 10.7. The van der Waals surface area contributed by atoms with Crippen molar-refractivity contribution in [3.63, 3.8) is 0 Å². The van der Waals surface area contributed by atoms with Crippen molar-refractivity contribution in [2.45, 2.75) is 19.4 Å². The first kappa shape index (κ1) is 15.3. The van der Waals surface area contributed by atoms with Crippen LogP contribution in [0, 0.1) is 0 Å². The molecule has 4 nitrogen and oxygen atoms in total. The quantitative estimate of drug-likeness (QED) is 0.543. The third kappa shape index (κ3) is 4.04. The van der Waals surface area contributed by atoms with Gasteiger partial charge in [-0.05, 0) is 26.0 Å². The molecule has 0 aromatic heterocycles. The molecule has 0 aliphatic carbocycles. The third-order valence-electron chi connectivity index (χ3n) is 1.91. The van der Waals surface area contributed by atoms with Crippen LogP contribution < -0.4 is 44.1 Å². The van der Waals surface area contributed by atoms with Crippen LogP contribution in [0.1, 0.15) is 13.8 Å². The van der Waals surface area contributed by atoms with Crippen molar-refractivity contribution in [2.24, 2.45) is 0 Å². The molecule has 0 spiro atoms. The SMILES string of the molecule is COc1cccc(OC(C)(C)C(=O)[O-])c1.[Na+]. The van der Waals surface area contributed by atoms with Gasteiger partial charge in [0.2, 0.25) is 0 Å². The number of carbonyl (C=O) groups is 1. The monoisotopic (exact) mass is 232 g/mol. The fourth-order valence-electron chi connectivity index (χ4n) is 1.00. The molecule has 0 saturated carbocycles. The topological polar surface area (TPSA) is 58.6 Å². The molecule has 5 heteroatoms. The summed E-state index contributed by atoms with van der Waals surface area (Å²) in [7, 11) is 1.53. The number of carbonyl (C=O) groups excluding carboxylic acids is 1. The summed E-state index contributed by atoms with van der Waals surface area (Å²) in [5, 5.41) is 10.7. The predicted molar refractivity (Wildman–Crippen MR) is 52.7 cm³/mol. The van der Waals surface area contributed by atoms with E-state index in [2.05, 4.69) is 0 Å². The first-order valence-corrected chi connectivity index (χ1v) is 4.50. The molecule has 0 bridgehead atoms. The van der Waals surface area contributed by atoms with Gasteiger partial charge in [-0.15, -0.1) is 0 Å². The Kier molecular flexibility index (Phi) is 5.86. The molecule has 0 atom stereocenters. The van der Waals surface area contributed by atoms with E-state index in [1.54, 1.807) is 24.3 Å². The summed E-state index contributed by atoms with van der Waals surface area (Å²) in [6.07, 6.45) is 0. The second-order valence-corrected chi connectivity index (χ2v) is 3.58. The number of hydrogen-bond acceptors (Lipinski definition) is 4. The number of hydrogen-bond donors (Lipinski definition) is 0. The molecular formula is C11H13NaO4. The minimum atomic E-state index is -1.35. The van der Waals surface area contributed by atoms with Gasteiger partial charge in [-0.2, -0.15) is 0 Å². The molecule has 0 radical (unpaired) electrons. The summed E-state index contributed by atoms with van der Waals surface area (Å²) in [5.41, 5.74) is -1.35. The van der Waals surface area contributed by atoms with Crippen LogP contribution in [-0.2, 0) is 4.79 Å². The van der Waals surface area contributed by atoms with Gasteiger partial charge in [-0.25, -0.2) is 0 Å². The second kappa shape index (κ2) is 6.13. The van der Waals surface area contributed by atoms with Crippen LogP contribution in [0.2, 0.25) is 0 Å². The minimum absolute atomic E-state index is 0. The molecule has 0 saturated heterocycles. The van der Waals surface area contributed by atoms with Crippen LogP contribution in [0.4, 0.5) is 0 Å². The summed E-state index contributed by atoms with van der Waals surface area (Å²) in [5.74, 6) is -0.212. The van der Waals surface area contributed by atoms with Crippen LogP contribution in [0.15, 0.2) is 24.3 Å². The molecule has 0 N–H and O–H groups in total. The van der Waals surface area contributed by atoms with Gasteiger partial charge in [-0.3, -0.25) is 0 Å². The van der Waals surface area contributed by atoms with Crippen molar-refractivity contribution in [3.8, 4) is 11.5 Å². The Bertz CT molecular complexity index is 363. The van der Waals surface area contributed by atoms with Gasteiger partial charge >= 0.3 is 29.6 Å². The zero-order chi connectivity index (χ0) is 11.5. The second-order valence-electron chi connectivity index (χ2n) is 3.58. The molecule has 0 aliphatic rings. The van der Waals surface area contributed by atoms with Crippen LogP contribution in [0.3, 0.4) is 0 Å². The maximum absolute atomic E-state index is 10.7. The van der Waals surface area contributed by atoms with Gasteiger partial charge < -0.3 is 19.4 Å². The molecule has 16 heavy (non-hydrogen) atoms. The van der Waals surface area contributed by atoms with Gasteiger partial charge in [0.1, 0.15) is 17.1 Å². The molecule has 0 amide bonds. The van der Waals surface area contributed by atoms with E-state index in [-0.39, 0.29) is 29.6 Å². The summed E-state index contributed by atoms with van der Waals surface area (Å²) in [6.45, 7) is 2.86. The predicted octanol–water partition coefficient (Wildman–Crippen LogP) is -2.39. The zero-order valence-corrected chi connectivity index (χ0v) is 11.9. The van der Waals surface area contributed by atoms with Crippen molar-refractivity contribution >= 4 is 5.97 Å². The molecular weight excluding hydrogens is 219 g/mol. The number of ether oxygens (including phenoxy) is 2. The van der Waals surface area contributed by atoms with Crippen molar-refractivity contribution in [1.82, 2.24) is 0 Å². The molecule has 0 unspecified atom stereocenters. The summed E-state index contributed by atoms with van der Waals surface area (Å²) in [6, 6.07) is 6.75. The van der Waals surface area contributed by atoms with E-state index in [1.807, 2.05) is 0 Å². The first-order chi connectivity index (χ1) is 6.95. The Morgan fingerprint density at radius 3 is 2.38 bits per heavy atom. The Hall–Kier alpha value is -0.710. The van der Waals surface area contributed by atoms with Gasteiger partial charge in [0.05, 0.1) is 13.1 Å². The van der Waals surface area contributed by atoms with E-state index >= 15 is 0 Å². The largest absolute Gasteiger partial charge is 1.00 e. The van der Waals surface area contributed by atoms with Gasteiger partial charge in [0, 0.05) is 6.07 Å². The van der Waals surface area contributed by atoms with Crippen molar-refractivity contribution < 1.29 is 48.9 Å². The molecule has 0 heterocycles. The Labute approximate surface area is 117 Å².